The Morgan fingerprint density at radius 3 is 2.68 bits per heavy atom. The smallest absolute Gasteiger partial charge is 0.225 e. The van der Waals surface area contributed by atoms with Crippen LogP contribution < -0.4 is 10.1 Å². The molecule has 2 N–H and O–H groups in total. The lowest BCUT2D eigenvalue weighted by molar-refractivity contribution is -0.116. The van der Waals surface area contributed by atoms with E-state index in [2.05, 4.69) is 27.3 Å². The maximum atomic E-state index is 12.4. The minimum absolute atomic E-state index is 0.0167. The second kappa shape index (κ2) is 6.08. The first-order chi connectivity index (χ1) is 12.1. The van der Waals surface area contributed by atoms with Gasteiger partial charge in [-0.25, -0.2) is 0 Å². The number of phenolic OH excluding ortho intramolecular Hbond substituents is 1. The number of nitrogens with one attached hydrogen (secondary N) is 1. The number of ether oxygens (including phenoxy) is 1. The largest absolute Gasteiger partial charge is 0.504 e. The van der Waals surface area contributed by atoms with Gasteiger partial charge in [0, 0.05) is 22.2 Å². The SMILES string of the molecule is COc1cc([C@H]2CC(=O)Nc3c2cc(Br)c2ccccc32)ccc1O. The Morgan fingerprint density at radius 1 is 1.16 bits per heavy atom. The fraction of sp³-hybridized carbons (Fsp3) is 0.150. The lowest BCUT2D eigenvalue weighted by Crippen LogP contribution is -2.23. The van der Waals surface area contributed by atoms with Crippen molar-refractivity contribution in [3.8, 4) is 11.5 Å². The van der Waals surface area contributed by atoms with E-state index in [4.69, 9.17) is 4.74 Å². The normalized spacial score (nSPS) is 16.4. The van der Waals surface area contributed by atoms with Gasteiger partial charge in [-0.05, 0) is 34.7 Å². The zero-order valence-corrected chi connectivity index (χ0v) is 15.1. The third-order valence-electron chi connectivity index (χ3n) is 4.66. The Hall–Kier alpha value is -2.53. The molecule has 0 fully saturated rings. The van der Waals surface area contributed by atoms with Crippen molar-refractivity contribution < 1.29 is 14.6 Å². The molecule has 1 heterocycles. The molecular weight excluding hydrogens is 382 g/mol. The summed E-state index contributed by atoms with van der Waals surface area (Å²) in [7, 11) is 1.52. The molecule has 4 nitrogen and oxygen atoms in total. The molecule has 0 aromatic heterocycles. The van der Waals surface area contributed by atoms with Gasteiger partial charge in [0.25, 0.3) is 0 Å². The van der Waals surface area contributed by atoms with Gasteiger partial charge in [-0.2, -0.15) is 0 Å². The Labute approximate surface area is 153 Å². The minimum Gasteiger partial charge on any atom is -0.504 e. The van der Waals surface area contributed by atoms with Crippen molar-refractivity contribution in [1.82, 2.24) is 0 Å². The fourth-order valence-corrected chi connectivity index (χ4v) is 4.05. The van der Waals surface area contributed by atoms with Crippen LogP contribution in [0.3, 0.4) is 0 Å². The Morgan fingerprint density at radius 2 is 1.92 bits per heavy atom. The average Bonchev–Trinajstić information content (AvgIpc) is 2.63. The number of hydrogen-bond donors (Lipinski definition) is 2. The number of carbonyl (C=O) groups is 1. The summed E-state index contributed by atoms with van der Waals surface area (Å²) in [5, 5.41) is 15.0. The molecule has 5 heteroatoms. The average molecular weight is 398 g/mol. The van der Waals surface area contributed by atoms with E-state index in [1.807, 2.05) is 30.3 Å². The molecule has 4 rings (SSSR count). The standard InChI is InChI=1S/C20H16BrNO3/c1-25-18-8-11(6-7-17(18)23)14-10-19(24)22-20-13-5-3-2-4-12(13)16(21)9-15(14)20/h2-9,14,23H,10H2,1H3,(H,22,24)/t14-/m1/s1. The first kappa shape index (κ1) is 16.0. The Balaban J connectivity index is 1.94. The van der Waals surface area contributed by atoms with Crippen molar-refractivity contribution in [2.45, 2.75) is 12.3 Å². The maximum Gasteiger partial charge on any atom is 0.225 e. The summed E-state index contributed by atoms with van der Waals surface area (Å²) in [5.41, 5.74) is 2.85. The summed E-state index contributed by atoms with van der Waals surface area (Å²) in [5.74, 6) is 0.382. The number of hydrogen-bond acceptors (Lipinski definition) is 3. The molecule has 0 radical (unpaired) electrons. The van der Waals surface area contributed by atoms with E-state index in [0.717, 1.165) is 32.1 Å². The van der Waals surface area contributed by atoms with E-state index in [0.29, 0.717) is 12.2 Å². The van der Waals surface area contributed by atoms with Crippen molar-refractivity contribution in [2.24, 2.45) is 0 Å². The molecular formula is C20H16BrNO3. The van der Waals surface area contributed by atoms with Crippen molar-refractivity contribution in [1.29, 1.82) is 0 Å². The van der Waals surface area contributed by atoms with Crippen LogP contribution in [0.5, 0.6) is 11.5 Å². The van der Waals surface area contributed by atoms with Crippen LogP contribution in [0.25, 0.3) is 10.8 Å². The lowest BCUT2D eigenvalue weighted by atomic mass is 9.83. The van der Waals surface area contributed by atoms with Gasteiger partial charge in [-0.1, -0.05) is 46.3 Å². The third-order valence-corrected chi connectivity index (χ3v) is 5.32. The monoisotopic (exact) mass is 397 g/mol. The number of anilines is 1. The Kier molecular flexibility index (Phi) is 3.88. The van der Waals surface area contributed by atoms with E-state index in [1.54, 1.807) is 12.1 Å². The second-order valence-electron chi connectivity index (χ2n) is 6.10. The third kappa shape index (κ3) is 2.65. The summed E-state index contributed by atoms with van der Waals surface area (Å²) < 4.78 is 6.22. The summed E-state index contributed by atoms with van der Waals surface area (Å²) in [6.07, 6.45) is 0.353. The van der Waals surface area contributed by atoms with Gasteiger partial charge >= 0.3 is 0 Å². The van der Waals surface area contributed by atoms with Crippen molar-refractivity contribution in [3.63, 3.8) is 0 Å². The topological polar surface area (TPSA) is 58.6 Å². The molecule has 1 amide bonds. The molecule has 1 atom stereocenters. The first-order valence-electron chi connectivity index (χ1n) is 7.96. The van der Waals surface area contributed by atoms with Gasteiger partial charge in [0.1, 0.15) is 0 Å². The highest BCUT2D eigenvalue weighted by molar-refractivity contribution is 9.10. The molecule has 3 aromatic carbocycles. The van der Waals surface area contributed by atoms with Crippen LogP contribution in [0.1, 0.15) is 23.5 Å². The zero-order chi connectivity index (χ0) is 17.6. The van der Waals surface area contributed by atoms with Crippen LogP contribution in [0.4, 0.5) is 5.69 Å². The van der Waals surface area contributed by atoms with E-state index < -0.39 is 0 Å². The number of amides is 1. The number of phenols is 1. The molecule has 0 saturated carbocycles. The number of aromatic hydroxyl groups is 1. The number of benzene rings is 3. The van der Waals surface area contributed by atoms with Crippen LogP contribution >= 0.6 is 15.9 Å². The zero-order valence-electron chi connectivity index (χ0n) is 13.5. The number of rotatable bonds is 2. The van der Waals surface area contributed by atoms with Gasteiger partial charge in [0.2, 0.25) is 5.91 Å². The van der Waals surface area contributed by atoms with Crippen molar-refractivity contribution >= 4 is 38.3 Å². The summed E-state index contributed by atoms with van der Waals surface area (Å²) in [4.78, 5) is 12.4. The van der Waals surface area contributed by atoms with Crippen LogP contribution in [0.2, 0.25) is 0 Å². The first-order valence-corrected chi connectivity index (χ1v) is 8.75. The van der Waals surface area contributed by atoms with Crippen LogP contribution in [0, 0.1) is 0 Å². The quantitative estimate of drug-likeness (QED) is 0.653. The minimum atomic E-state index is -0.0980. The second-order valence-corrected chi connectivity index (χ2v) is 6.96. The van der Waals surface area contributed by atoms with Gasteiger partial charge < -0.3 is 15.2 Å². The van der Waals surface area contributed by atoms with Crippen LogP contribution in [0.15, 0.2) is 53.0 Å². The van der Waals surface area contributed by atoms with Crippen molar-refractivity contribution in [3.05, 3.63) is 64.1 Å². The molecule has 1 aliphatic rings. The summed E-state index contributed by atoms with van der Waals surface area (Å²) >= 11 is 3.65. The van der Waals surface area contributed by atoms with Gasteiger partial charge in [-0.15, -0.1) is 0 Å². The van der Waals surface area contributed by atoms with E-state index in [-0.39, 0.29) is 17.6 Å². The summed E-state index contributed by atoms with van der Waals surface area (Å²) in [6.45, 7) is 0. The molecule has 0 unspecified atom stereocenters. The molecule has 25 heavy (non-hydrogen) atoms. The van der Waals surface area contributed by atoms with E-state index in [1.165, 1.54) is 7.11 Å². The number of carbonyl (C=O) groups excluding carboxylic acids is 1. The van der Waals surface area contributed by atoms with Gasteiger partial charge in [0.15, 0.2) is 11.5 Å². The van der Waals surface area contributed by atoms with Gasteiger partial charge in [0.05, 0.1) is 12.8 Å². The lowest BCUT2D eigenvalue weighted by Gasteiger charge is -2.28. The van der Waals surface area contributed by atoms with Crippen LogP contribution in [-0.2, 0) is 4.79 Å². The predicted octanol–water partition coefficient (Wildman–Crippen LogP) is 4.79. The predicted molar refractivity (Wildman–Crippen MR) is 101 cm³/mol. The highest BCUT2D eigenvalue weighted by Crippen LogP contribution is 2.44. The van der Waals surface area contributed by atoms with E-state index in [9.17, 15) is 9.90 Å². The molecule has 126 valence electrons. The molecule has 0 aliphatic carbocycles. The molecule has 3 aromatic rings. The molecule has 0 bridgehead atoms. The molecule has 0 spiro atoms. The fourth-order valence-electron chi connectivity index (χ4n) is 3.46. The molecule has 0 saturated heterocycles. The highest BCUT2D eigenvalue weighted by atomic mass is 79.9. The number of halogens is 1. The van der Waals surface area contributed by atoms with Crippen LogP contribution in [-0.4, -0.2) is 18.1 Å². The van der Waals surface area contributed by atoms with Crippen molar-refractivity contribution in [2.75, 3.05) is 12.4 Å². The van der Waals surface area contributed by atoms with E-state index >= 15 is 0 Å². The maximum absolute atomic E-state index is 12.4. The number of methoxy groups -OCH3 is 1. The highest BCUT2D eigenvalue weighted by Gasteiger charge is 2.29. The Bertz CT molecular complexity index is 1000. The van der Waals surface area contributed by atoms with Gasteiger partial charge in [-0.3, -0.25) is 4.79 Å². The summed E-state index contributed by atoms with van der Waals surface area (Å²) in [6, 6.07) is 15.3. The molecule has 1 aliphatic heterocycles. The number of fused-ring (bicyclic) bond motifs is 3.